The van der Waals surface area contributed by atoms with Gasteiger partial charge < -0.3 is 10.2 Å². The van der Waals surface area contributed by atoms with Crippen molar-refractivity contribution in [3.05, 3.63) is 35.4 Å². The van der Waals surface area contributed by atoms with Crippen LogP contribution < -0.4 is 0 Å². The zero-order valence-corrected chi connectivity index (χ0v) is 9.88. The molecule has 0 fully saturated rings. The van der Waals surface area contributed by atoms with E-state index in [1.54, 1.807) is 24.3 Å². The molecular formula is C13H13NO4. The Balaban J connectivity index is 3.25. The molecule has 1 aromatic rings. The first kappa shape index (κ1) is 13.7. The van der Waals surface area contributed by atoms with Crippen LogP contribution in [0.25, 0.3) is 0 Å². The van der Waals surface area contributed by atoms with Gasteiger partial charge in [-0.05, 0) is 12.5 Å². The molecule has 0 radical (unpaired) electrons. The van der Waals surface area contributed by atoms with E-state index in [1.165, 1.54) is 0 Å². The molecule has 18 heavy (non-hydrogen) atoms. The van der Waals surface area contributed by atoms with E-state index >= 15 is 0 Å². The van der Waals surface area contributed by atoms with Crippen molar-refractivity contribution in [2.75, 3.05) is 0 Å². The van der Waals surface area contributed by atoms with E-state index in [4.69, 9.17) is 10.2 Å². The minimum absolute atomic E-state index is 0.417. The normalized spacial score (nSPS) is 10.7. The highest BCUT2D eigenvalue weighted by Gasteiger charge is 2.37. The number of carboxylic acid groups (broad SMARTS) is 2. The van der Waals surface area contributed by atoms with Crippen molar-refractivity contribution in [1.82, 2.24) is 0 Å². The Kier molecular flexibility index (Phi) is 4.05. The van der Waals surface area contributed by atoms with Gasteiger partial charge in [-0.3, -0.25) is 9.59 Å². The molecule has 0 saturated carbocycles. The highest BCUT2D eigenvalue weighted by molar-refractivity contribution is 5.75. The van der Waals surface area contributed by atoms with E-state index < -0.39 is 30.2 Å². The molecule has 0 saturated heterocycles. The quantitative estimate of drug-likeness (QED) is 0.825. The Morgan fingerprint density at radius 1 is 1.17 bits per heavy atom. The van der Waals surface area contributed by atoms with Crippen molar-refractivity contribution in [3.63, 3.8) is 0 Å². The van der Waals surface area contributed by atoms with Gasteiger partial charge in [0.2, 0.25) is 0 Å². The average Bonchev–Trinajstić information content (AvgIpc) is 2.27. The number of benzene rings is 1. The standard InChI is InChI=1S/C13H13NO4/c1-9-2-4-10(5-3-9)13(8-14,6-11(15)16)7-12(17)18/h2-5H,6-7H2,1H3,(H,15,16)(H,17,18). The van der Waals surface area contributed by atoms with Crippen LogP contribution in [0.1, 0.15) is 24.0 Å². The third kappa shape index (κ3) is 3.08. The monoisotopic (exact) mass is 247 g/mol. The van der Waals surface area contributed by atoms with E-state index in [9.17, 15) is 14.9 Å². The van der Waals surface area contributed by atoms with Gasteiger partial charge in [0.25, 0.3) is 0 Å². The Morgan fingerprint density at radius 3 is 1.94 bits per heavy atom. The first-order valence-corrected chi connectivity index (χ1v) is 5.31. The van der Waals surface area contributed by atoms with Gasteiger partial charge in [0, 0.05) is 0 Å². The number of carbonyl (C=O) groups is 2. The second-order valence-corrected chi connectivity index (χ2v) is 4.20. The zero-order chi connectivity index (χ0) is 13.8. The van der Waals surface area contributed by atoms with Crippen LogP contribution in [0.5, 0.6) is 0 Å². The molecule has 0 bridgehead atoms. The summed E-state index contributed by atoms with van der Waals surface area (Å²) in [7, 11) is 0. The molecule has 5 nitrogen and oxygen atoms in total. The van der Waals surface area contributed by atoms with Gasteiger partial charge >= 0.3 is 11.9 Å². The lowest BCUT2D eigenvalue weighted by Crippen LogP contribution is -2.30. The molecule has 0 aliphatic heterocycles. The highest BCUT2D eigenvalue weighted by atomic mass is 16.4. The van der Waals surface area contributed by atoms with Gasteiger partial charge in [0.05, 0.1) is 18.9 Å². The van der Waals surface area contributed by atoms with Gasteiger partial charge in [-0.2, -0.15) is 5.26 Å². The fourth-order valence-electron chi connectivity index (χ4n) is 1.80. The van der Waals surface area contributed by atoms with Gasteiger partial charge in [-0.15, -0.1) is 0 Å². The maximum atomic E-state index is 10.9. The number of carboxylic acids is 2. The molecule has 1 aromatic carbocycles. The molecule has 0 unspecified atom stereocenters. The number of aryl methyl sites for hydroxylation is 1. The number of aliphatic carboxylic acids is 2. The average molecular weight is 247 g/mol. The number of rotatable bonds is 5. The van der Waals surface area contributed by atoms with Crippen LogP contribution in [0, 0.1) is 18.3 Å². The number of nitriles is 1. The van der Waals surface area contributed by atoms with Crippen LogP contribution >= 0.6 is 0 Å². The molecule has 0 amide bonds. The van der Waals surface area contributed by atoms with E-state index in [-0.39, 0.29) is 0 Å². The lowest BCUT2D eigenvalue weighted by atomic mass is 9.76. The number of hydrogen-bond donors (Lipinski definition) is 2. The van der Waals surface area contributed by atoms with Crippen LogP contribution in [-0.4, -0.2) is 22.2 Å². The fourth-order valence-corrected chi connectivity index (χ4v) is 1.80. The van der Waals surface area contributed by atoms with E-state index in [2.05, 4.69) is 0 Å². The highest BCUT2D eigenvalue weighted by Crippen LogP contribution is 2.31. The predicted octanol–water partition coefficient (Wildman–Crippen LogP) is 1.71. The lowest BCUT2D eigenvalue weighted by Gasteiger charge is -2.23. The molecule has 5 heteroatoms. The second-order valence-electron chi connectivity index (χ2n) is 4.20. The lowest BCUT2D eigenvalue weighted by molar-refractivity contribution is -0.140. The largest absolute Gasteiger partial charge is 0.481 e. The van der Waals surface area contributed by atoms with E-state index in [1.807, 2.05) is 13.0 Å². The zero-order valence-electron chi connectivity index (χ0n) is 9.88. The van der Waals surface area contributed by atoms with Crippen molar-refractivity contribution in [2.24, 2.45) is 0 Å². The summed E-state index contributed by atoms with van der Waals surface area (Å²) in [6, 6.07) is 8.51. The topological polar surface area (TPSA) is 98.4 Å². The molecule has 0 spiro atoms. The Bertz CT molecular complexity index is 483. The molecule has 1 rings (SSSR count). The summed E-state index contributed by atoms with van der Waals surface area (Å²) in [6.07, 6.45) is -1.06. The van der Waals surface area contributed by atoms with Gasteiger partial charge in [-0.1, -0.05) is 29.8 Å². The summed E-state index contributed by atoms with van der Waals surface area (Å²) >= 11 is 0. The van der Waals surface area contributed by atoms with Crippen molar-refractivity contribution in [3.8, 4) is 6.07 Å². The second kappa shape index (κ2) is 5.32. The fraction of sp³-hybridized carbons (Fsp3) is 0.308. The summed E-state index contributed by atoms with van der Waals surface area (Å²) in [5, 5.41) is 27.0. The van der Waals surface area contributed by atoms with Crippen LogP contribution in [0.4, 0.5) is 0 Å². The summed E-state index contributed by atoms with van der Waals surface area (Å²) in [5.74, 6) is -2.39. The summed E-state index contributed by atoms with van der Waals surface area (Å²) in [5.41, 5.74) is -0.151. The van der Waals surface area contributed by atoms with E-state index in [0.29, 0.717) is 5.56 Å². The van der Waals surface area contributed by atoms with Gasteiger partial charge in [-0.25, -0.2) is 0 Å². The molecule has 0 aliphatic rings. The van der Waals surface area contributed by atoms with Crippen LogP contribution in [0.2, 0.25) is 0 Å². The van der Waals surface area contributed by atoms with Gasteiger partial charge in [0.15, 0.2) is 0 Å². The van der Waals surface area contributed by atoms with Crippen molar-refractivity contribution >= 4 is 11.9 Å². The molecule has 2 N–H and O–H groups in total. The smallest absolute Gasteiger partial charge is 0.305 e. The first-order chi connectivity index (χ1) is 8.39. The maximum absolute atomic E-state index is 10.9. The van der Waals surface area contributed by atoms with Crippen molar-refractivity contribution < 1.29 is 19.8 Å². The summed E-state index contributed by atoms with van der Waals surface area (Å²) in [4.78, 5) is 21.7. The molecule has 0 aromatic heterocycles. The summed E-state index contributed by atoms with van der Waals surface area (Å²) in [6.45, 7) is 1.85. The molecule has 0 aliphatic carbocycles. The SMILES string of the molecule is Cc1ccc(C(C#N)(CC(=O)O)CC(=O)O)cc1. The third-order valence-electron chi connectivity index (χ3n) is 2.72. The Morgan fingerprint density at radius 2 is 1.61 bits per heavy atom. The number of nitrogens with zero attached hydrogens (tertiary/aromatic N) is 1. The van der Waals surface area contributed by atoms with Crippen LogP contribution in [-0.2, 0) is 15.0 Å². The molecule has 0 heterocycles. The molecule has 94 valence electrons. The van der Waals surface area contributed by atoms with E-state index in [0.717, 1.165) is 5.56 Å². The maximum Gasteiger partial charge on any atom is 0.305 e. The number of hydrogen-bond acceptors (Lipinski definition) is 3. The van der Waals surface area contributed by atoms with Crippen LogP contribution in [0.3, 0.4) is 0 Å². The Labute approximate surface area is 104 Å². The molecular weight excluding hydrogens is 234 g/mol. The minimum Gasteiger partial charge on any atom is -0.481 e. The third-order valence-corrected chi connectivity index (χ3v) is 2.72. The van der Waals surface area contributed by atoms with Gasteiger partial charge in [0.1, 0.15) is 5.41 Å². The van der Waals surface area contributed by atoms with Crippen LogP contribution in [0.15, 0.2) is 24.3 Å². The minimum atomic E-state index is -1.52. The molecule has 0 atom stereocenters. The Hall–Kier alpha value is -2.35. The summed E-state index contributed by atoms with van der Waals surface area (Å²) < 4.78 is 0. The van der Waals surface area contributed by atoms with Crippen molar-refractivity contribution in [2.45, 2.75) is 25.2 Å². The predicted molar refractivity (Wildman–Crippen MR) is 63.0 cm³/mol. The first-order valence-electron chi connectivity index (χ1n) is 5.31. The van der Waals surface area contributed by atoms with Crippen molar-refractivity contribution in [1.29, 1.82) is 5.26 Å².